The highest BCUT2D eigenvalue weighted by atomic mass is 32.1. The summed E-state index contributed by atoms with van der Waals surface area (Å²) >= 11 is 1.60. The second-order valence-electron chi connectivity index (χ2n) is 3.23. The molecule has 0 fully saturated rings. The molecule has 0 saturated carbocycles. The van der Waals surface area contributed by atoms with Crippen molar-refractivity contribution in [1.82, 2.24) is 4.98 Å². The Kier molecular flexibility index (Phi) is 3.08. The van der Waals surface area contributed by atoms with Crippen molar-refractivity contribution in [3.05, 3.63) is 51.7 Å². The van der Waals surface area contributed by atoms with Crippen molar-refractivity contribution in [3.8, 4) is 0 Å². The molecule has 0 saturated heterocycles. The highest BCUT2D eigenvalue weighted by molar-refractivity contribution is 7.11. The van der Waals surface area contributed by atoms with Crippen molar-refractivity contribution in [2.45, 2.75) is 13.0 Å². The molecule has 2 nitrogen and oxygen atoms in total. The number of hydrogen-bond donors (Lipinski definition) is 1. The molecule has 78 valence electrons. The normalized spacial score (nSPS) is 10.5. The van der Waals surface area contributed by atoms with Crippen LogP contribution in [0.5, 0.6) is 0 Å². The van der Waals surface area contributed by atoms with Crippen molar-refractivity contribution in [1.29, 1.82) is 0 Å². The standard InChI is InChI=1S/C11H11FN2S/c12-9-3-1-8(2-4-9)5-11-14-7-10(6-13)15-11/h1-4,7H,5-6,13H2. The van der Waals surface area contributed by atoms with Crippen LogP contribution in [0.15, 0.2) is 30.5 Å². The zero-order valence-electron chi connectivity index (χ0n) is 8.11. The SMILES string of the molecule is NCc1cnc(Cc2ccc(F)cc2)s1. The molecule has 1 heterocycles. The number of nitrogens with zero attached hydrogens (tertiary/aromatic N) is 1. The maximum Gasteiger partial charge on any atom is 0.123 e. The third-order valence-electron chi connectivity index (χ3n) is 2.07. The first-order valence-corrected chi connectivity index (χ1v) is 5.47. The third-order valence-corrected chi connectivity index (χ3v) is 3.09. The highest BCUT2D eigenvalue weighted by Crippen LogP contribution is 2.16. The fraction of sp³-hybridized carbons (Fsp3) is 0.182. The molecule has 2 aromatic rings. The molecule has 1 aromatic heterocycles. The van der Waals surface area contributed by atoms with Crippen molar-refractivity contribution < 1.29 is 4.39 Å². The van der Waals surface area contributed by atoms with Crippen LogP contribution in [-0.2, 0) is 13.0 Å². The van der Waals surface area contributed by atoms with Crippen molar-refractivity contribution in [2.75, 3.05) is 0 Å². The van der Waals surface area contributed by atoms with E-state index in [1.54, 1.807) is 29.7 Å². The Morgan fingerprint density at radius 1 is 1.27 bits per heavy atom. The number of rotatable bonds is 3. The zero-order chi connectivity index (χ0) is 10.7. The Hall–Kier alpha value is -1.26. The second-order valence-corrected chi connectivity index (χ2v) is 4.43. The van der Waals surface area contributed by atoms with Gasteiger partial charge in [-0.3, -0.25) is 0 Å². The minimum absolute atomic E-state index is 0.208. The average Bonchev–Trinajstić information content (AvgIpc) is 2.69. The van der Waals surface area contributed by atoms with E-state index in [9.17, 15) is 4.39 Å². The van der Waals surface area contributed by atoms with Crippen LogP contribution in [0.1, 0.15) is 15.4 Å². The second kappa shape index (κ2) is 4.51. The van der Waals surface area contributed by atoms with Gasteiger partial charge in [-0.15, -0.1) is 11.3 Å². The van der Waals surface area contributed by atoms with Crippen LogP contribution in [-0.4, -0.2) is 4.98 Å². The third kappa shape index (κ3) is 2.61. The van der Waals surface area contributed by atoms with E-state index in [1.807, 2.05) is 0 Å². The van der Waals surface area contributed by atoms with E-state index in [0.717, 1.165) is 21.9 Å². The molecule has 0 amide bonds. The molecule has 4 heteroatoms. The van der Waals surface area contributed by atoms with Crippen LogP contribution < -0.4 is 5.73 Å². The minimum Gasteiger partial charge on any atom is -0.326 e. The summed E-state index contributed by atoms with van der Waals surface area (Å²) in [6.45, 7) is 0.529. The van der Waals surface area contributed by atoms with Crippen molar-refractivity contribution >= 4 is 11.3 Å². The quantitative estimate of drug-likeness (QED) is 0.865. The first-order chi connectivity index (χ1) is 7.28. The van der Waals surface area contributed by atoms with E-state index in [1.165, 1.54) is 12.1 Å². The lowest BCUT2D eigenvalue weighted by molar-refractivity contribution is 0.627. The van der Waals surface area contributed by atoms with Crippen LogP contribution >= 0.6 is 11.3 Å². The first-order valence-electron chi connectivity index (χ1n) is 4.66. The van der Waals surface area contributed by atoms with Gasteiger partial charge in [-0.05, 0) is 17.7 Å². The maximum atomic E-state index is 12.7. The molecular weight excluding hydrogens is 211 g/mol. The summed E-state index contributed by atoms with van der Waals surface area (Å²) in [6, 6.07) is 6.48. The Labute approximate surface area is 91.6 Å². The molecule has 0 aliphatic carbocycles. The topological polar surface area (TPSA) is 38.9 Å². The van der Waals surface area contributed by atoms with Gasteiger partial charge in [-0.1, -0.05) is 12.1 Å². The van der Waals surface area contributed by atoms with Gasteiger partial charge in [0.2, 0.25) is 0 Å². The molecule has 0 unspecified atom stereocenters. The van der Waals surface area contributed by atoms with Crippen molar-refractivity contribution in [3.63, 3.8) is 0 Å². The minimum atomic E-state index is -0.208. The smallest absolute Gasteiger partial charge is 0.123 e. The lowest BCUT2D eigenvalue weighted by Gasteiger charge is -1.96. The van der Waals surface area contributed by atoms with Crippen LogP contribution in [0, 0.1) is 5.82 Å². The Balaban J connectivity index is 2.11. The largest absolute Gasteiger partial charge is 0.326 e. The lowest BCUT2D eigenvalue weighted by Crippen LogP contribution is -1.91. The molecule has 0 radical (unpaired) electrons. The van der Waals surface area contributed by atoms with E-state index in [2.05, 4.69) is 4.98 Å². The number of aromatic nitrogens is 1. The van der Waals surface area contributed by atoms with Crippen LogP contribution in [0.4, 0.5) is 4.39 Å². The molecule has 0 aliphatic rings. The summed E-state index contributed by atoms with van der Waals surface area (Å²) in [5.74, 6) is -0.208. The van der Waals surface area contributed by atoms with E-state index in [-0.39, 0.29) is 5.82 Å². The molecular formula is C11H11FN2S. The fourth-order valence-electron chi connectivity index (χ4n) is 1.30. The van der Waals surface area contributed by atoms with Gasteiger partial charge in [-0.25, -0.2) is 9.37 Å². The summed E-state index contributed by atoms with van der Waals surface area (Å²) in [5.41, 5.74) is 6.56. The van der Waals surface area contributed by atoms with E-state index >= 15 is 0 Å². The molecule has 2 rings (SSSR count). The molecule has 0 spiro atoms. The maximum absolute atomic E-state index is 12.7. The molecule has 15 heavy (non-hydrogen) atoms. The Morgan fingerprint density at radius 2 is 2.00 bits per heavy atom. The zero-order valence-corrected chi connectivity index (χ0v) is 8.93. The number of benzene rings is 1. The Morgan fingerprint density at radius 3 is 2.60 bits per heavy atom. The molecule has 0 aliphatic heterocycles. The predicted octanol–water partition coefficient (Wildman–Crippen LogP) is 2.33. The number of hydrogen-bond acceptors (Lipinski definition) is 3. The number of thiazole rings is 1. The summed E-state index contributed by atoms with van der Waals surface area (Å²) in [7, 11) is 0. The van der Waals surface area contributed by atoms with Gasteiger partial charge in [0.25, 0.3) is 0 Å². The summed E-state index contributed by atoms with van der Waals surface area (Å²) in [6.07, 6.45) is 2.54. The number of halogens is 1. The van der Waals surface area contributed by atoms with E-state index < -0.39 is 0 Å². The van der Waals surface area contributed by atoms with Crippen molar-refractivity contribution in [2.24, 2.45) is 5.73 Å². The van der Waals surface area contributed by atoms with Gasteiger partial charge in [0.1, 0.15) is 5.82 Å². The van der Waals surface area contributed by atoms with Crippen LogP contribution in [0.25, 0.3) is 0 Å². The molecule has 2 N–H and O–H groups in total. The molecule has 0 bridgehead atoms. The number of nitrogens with two attached hydrogens (primary N) is 1. The monoisotopic (exact) mass is 222 g/mol. The summed E-state index contributed by atoms with van der Waals surface area (Å²) < 4.78 is 12.7. The van der Waals surface area contributed by atoms with Crippen LogP contribution in [0.2, 0.25) is 0 Å². The van der Waals surface area contributed by atoms with Gasteiger partial charge >= 0.3 is 0 Å². The highest BCUT2D eigenvalue weighted by Gasteiger charge is 2.02. The van der Waals surface area contributed by atoms with Gasteiger partial charge in [-0.2, -0.15) is 0 Å². The van der Waals surface area contributed by atoms with Gasteiger partial charge in [0.05, 0.1) is 5.01 Å². The van der Waals surface area contributed by atoms with Gasteiger partial charge in [0.15, 0.2) is 0 Å². The van der Waals surface area contributed by atoms with Crippen LogP contribution in [0.3, 0.4) is 0 Å². The Bertz CT molecular complexity index is 436. The fourth-order valence-corrected chi connectivity index (χ4v) is 2.14. The first kappa shape index (κ1) is 10.3. The summed E-state index contributed by atoms with van der Waals surface area (Å²) in [5, 5.41) is 1.02. The molecule has 1 aromatic carbocycles. The van der Waals surface area contributed by atoms with E-state index in [0.29, 0.717) is 6.54 Å². The molecule has 0 atom stereocenters. The average molecular weight is 222 g/mol. The van der Waals surface area contributed by atoms with E-state index in [4.69, 9.17) is 5.73 Å². The van der Waals surface area contributed by atoms with Gasteiger partial charge < -0.3 is 5.73 Å². The predicted molar refractivity (Wildman–Crippen MR) is 59.2 cm³/mol. The van der Waals surface area contributed by atoms with Gasteiger partial charge in [0, 0.05) is 24.0 Å². The summed E-state index contributed by atoms with van der Waals surface area (Å²) in [4.78, 5) is 5.33. The lowest BCUT2D eigenvalue weighted by atomic mass is 10.2.